The van der Waals surface area contributed by atoms with Crippen molar-refractivity contribution in [2.45, 2.75) is 13.3 Å². The lowest BCUT2D eigenvalue weighted by Crippen LogP contribution is -2.34. The van der Waals surface area contributed by atoms with E-state index in [0.717, 1.165) is 4.48 Å². The van der Waals surface area contributed by atoms with Gasteiger partial charge in [-0.15, -0.1) is 0 Å². The zero-order valence-electron chi connectivity index (χ0n) is 6.57. The van der Waals surface area contributed by atoms with Gasteiger partial charge in [0, 0.05) is 0 Å². The van der Waals surface area contributed by atoms with Gasteiger partial charge in [-0.1, -0.05) is 6.92 Å². The predicted molar refractivity (Wildman–Crippen MR) is 38.2 cm³/mol. The third kappa shape index (κ3) is 9.33. The van der Waals surface area contributed by atoms with E-state index in [1.807, 2.05) is 0 Å². The lowest BCUT2D eigenvalue weighted by Gasteiger charge is -2.22. The topological polar surface area (TPSA) is 35.0 Å². The minimum absolute atomic E-state index is 0. The van der Waals surface area contributed by atoms with E-state index in [1.165, 1.54) is 13.0 Å². The summed E-state index contributed by atoms with van der Waals surface area (Å²) in [6, 6.07) is 0. The first kappa shape index (κ1) is 10.8. The summed E-state index contributed by atoms with van der Waals surface area (Å²) in [5.74, 6) is 0. The van der Waals surface area contributed by atoms with E-state index < -0.39 is 0 Å². The molecule has 0 aromatic carbocycles. The molecule has 0 saturated carbocycles. The Labute approximate surface area is 52.7 Å². The van der Waals surface area contributed by atoms with Crippen molar-refractivity contribution in [2.75, 3.05) is 27.7 Å². The normalized spacial score (nSPS) is 10.5. The van der Waals surface area contributed by atoms with Gasteiger partial charge >= 0.3 is 0 Å². The Balaban J connectivity index is 0. The summed E-state index contributed by atoms with van der Waals surface area (Å²) in [6.07, 6.45) is 1.28. The lowest BCUT2D eigenvalue weighted by molar-refractivity contribution is -0.870. The van der Waals surface area contributed by atoms with Gasteiger partial charge in [-0.05, 0) is 6.42 Å². The van der Waals surface area contributed by atoms with E-state index in [4.69, 9.17) is 0 Å². The summed E-state index contributed by atoms with van der Waals surface area (Å²) < 4.78 is 1.09. The van der Waals surface area contributed by atoms with Gasteiger partial charge in [0.25, 0.3) is 0 Å². The molecule has 8 heavy (non-hydrogen) atoms. The molecule has 0 aromatic rings. The summed E-state index contributed by atoms with van der Waals surface area (Å²) in [4.78, 5) is 0. The van der Waals surface area contributed by atoms with Crippen LogP contribution in [0.3, 0.4) is 0 Å². The third-order valence-corrected chi connectivity index (χ3v) is 0.894. The van der Waals surface area contributed by atoms with Gasteiger partial charge in [-0.3, -0.25) is 0 Å². The van der Waals surface area contributed by atoms with Crippen molar-refractivity contribution in [1.82, 2.24) is 6.15 Å². The highest BCUT2D eigenvalue weighted by Gasteiger charge is 2.01. The molecule has 0 bridgehead atoms. The highest BCUT2D eigenvalue weighted by molar-refractivity contribution is 4.20. The second kappa shape index (κ2) is 3.87. The number of hydrogen-bond acceptors (Lipinski definition) is 1. The molecule has 0 unspecified atom stereocenters. The summed E-state index contributed by atoms with van der Waals surface area (Å²) in [7, 11) is 6.64. The zero-order chi connectivity index (χ0) is 5.91. The standard InChI is InChI=1S/C6H16N.H3N/c1-5-6-7(2,3)4;/h5-6H2,1-4H3;1H3/q+1;. The fourth-order valence-electron chi connectivity index (χ4n) is 0.671. The van der Waals surface area contributed by atoms with Crippen LogP contribution in [0.4, 0.5) is 0 Å². The molecular formula is C6H19N2+. The van der Waals surface area contributed by atoms with Gasteiger partial charge in [-0.25, -0.2) is 0 Å². The van der Waals surface area contributed by atoms with Gasteiger partial charge in [0.2, 0.25) is 0 Å². The van der Waals surface area contributed by atoms with Gasteiger partial charge in [0.05, 0.1) is 27.7 Å². The number of nitrogens with zero attached hydrogens (tertiary/aromatic N) is 1. The van der Waals surface area contributed by atoms with Gasteiger partial charge in [0.1, 0.15) is 0 Å². The molecule has 0 rings (SSSR count). The number of rotatable bonds is 2. The maximum atomic E-state index is 2.21. The van der Waals surface area contributed by atoms with Crippen molar-refractivity contribution in [3.63, 3.8) is 0 Å². The molecule has 2 nitrogen and oxygen atoms in total. The first-order valence-corrected chi connectivity index (χ1v) is 2.86. The molecule has 0 amide bonds. The monoisotopic (exact) mass is 119 g/mol. The SMILES string of the molecule is CCC[N+](C)(C)C.N. The molecule has 0 aromatic heterocycles. The van der Waals surface area contributed by atoms with Crippen LogP contribution in [0.25, 0.3) is 0 Å². The van der Waals surface area contributed by atoms with E-state index in [-0.39, 0.29) is 6.15 Å². The molecule has 0 saturated heterocycles. The molecule has 52 valence electrons. The molecule has 0 aliphatic rings. The molecule has 3 N–H and O–H groups in total. The van der Waals surface area contributed by atoms with E-state index in [1.54, 1.807) is 0 Å². The zero-order valence-corrected chi connectivity index (χ0v) is 6.57. The largest absolute Gasteiger partial charge is 0.344 e. The maximum absolute atomic E-state index is 2.21. The summed E-state index contributed by atoms with van der Waals surface area (Å²) >= 11 is 0. The van der Waals surface area contributed by atoms with Crippen molar-refractivity contribution >= 4 is 0 Å². The van der Waals surface area contributed by atoms with E-state index in [2.05, 4.69) is 28.1 Å². The smallest absolute Gasteiger partial charge is 0.0777 e. The molecule has 0 radical (unpaired) electrons. The third-order valence-electron chi connectivity index (χ3n) is 0.894. The average molecular weight is 119 g/mol. The quantitative estimate of drug-likeness (QED) is 0.546. The summed E-state index contributed by atoms with van der Waals surface area (Å²) in [6.45, 7) is 3.49. The maximum Gasteiger partial charge on any atom is 0.0777 e. The predicted octanol–water partition coefficient (Wildman–Crippen LogP) is 1.26. The lowest BCUT2D eigenvalue weighted by atomic mass is 10.4. The molecule has 0 heterocycles. The molecule has 0 fully saturated rings. The second-order valence-corrected chi connectivity index (χ2v) is 3.01. The molecular weight excluding hydrogens is 100 g/mol. The average Bonchev–Trinajstić information content (AvgIpc) is 1.30. The van der Waals surface area contributed by atoms with Crippen LogP contribution in [0.5, 0.6) is 0 Å². The molecule has 0 spiro atoms. The molecule has 0 atom stereocenters. The van der Waals surface area contributed by atoms with Crippen LogP contribution in [0.15, 0.2) is 0 Å². The van der Waals surface area contributed by atoms with E-state index in [9.17, 15) is 0 Å². The van der Waals surface area contributed by atoms with Gasteiger partial charge in [-0.2, -0.15) is 0 Å². The minimum Gasteiger partial charge on any atom is -0.344 e. The Bertz CT molecular complexity index is 45.0. The molecule has 2 heteroatoms. The Hall–Kier alpha value is -0.0800. The number of hydrogen-bond donors (Lipinski definition) is 1. The Morgan fingerprint density at radius 1 is 1.12 bits per heavy atom. The molecule has 0 aliphatic heterocycles. The first-order valence-electron chi connectivity index (χ1n) is 2.86. The second-order valence-electron chi connectivity index (χ2n) is 3.01. The van der Waals surface area contributed by atoms with Crippen LogP contribution >= 0.6 is 0 Å². The van der Waals surface area contributed by atoms with Crippen molar-refractivity contribution < 1.29 is 4.48 Å². The van der Waals surface area contributed by atoms with Gasteiger partial charge < -0.3 is 10.6 Å². The van der Waals surface area contributed by atoms with Crippen molar-refractivity contribution in [2.24, 2.45) is 0 Å². The van der Waals surface area contributed by atoms with Crippen LogP contribution in [0.2, 0.25) is 0 Å². The van der Waals surface area contributed by atoms with Crippen molar-refractivity contribution in [1.29, 1.82) is 0 Å². The Morgan fingerprint density at radius 3 is 1.50 bits per heavy atom. The highest BCUT2D eigenvalue weighted by atomic mass is 15.3. The summed E-state index contributed by atoms with van der Waals surface area (Å²) in [5.41, 5.74) is 0. The van der Waals surface area contributed by atoms with Crippen LogP contribution < -0.4 is 6.15 Å². The van der Waals surface area contributed by atoms with Crippen LogP contribution in [-0.4, -0.2) is 32.2 Å². The fraction of sp³-hybridized carbons (Fsp3) is 1.00. The minimum atomic E-state index is 0. The fourth-order valence-corrected chi connectivity index (χ4v) is 0.671. The van der Waals surface area contributed by atoms with Crippen molar-refractivity contribution in [3.8, 4) is 0 Å². The Morgan fingerprint density at radius 2 is 1.50 bits per heavy atom. The Kier molecular flexibility index (Phi) is 5.23. The van der Waals surface area contributed by atoms with E-state index in [0.29, 0.717) is 0 Å². The van der Waals surface area contributed by atoms with E-state index >= 15 is 0 Å². The van der Waals surface area contributed by atoms with Crippen LogP contribution in [0, 0.1) is 0 Å². The van der Waals surface area contributed by atoms with Crippen molar-refractivity contribution in [3.05, 3.63) is 0 Å². The first-order chi connectivity index (χ1) is 3.06. The summed E-state index contributed by atoms with van der Waals surface area (Å²) in [5, 5.41) is 0. The molecule has 0 aliphatic carbocycles. The highest BCUT2D eigenvalue weighted by Crippen LogP contribution is 1.90. The van der Waals surface area contributed by atoms with Crippen LogP contribution in [0.1, 0.15) is 13.3 Å². The van der Waals surface area contributed by atoms with Crippen LogP contribution in [-0.2, 0) is 0 Å². The number of quaternary nitrogens is 1. The van der Waals surface area contributed by atoms with Gasteiger partial charge in [0.15, 0.2) is 0 Å².